The summed E-state index contributed by atoms with van der Waals surface area (Å²) in [5, 5.41) is 3.56. The second kappa shape index (κ2) is 5.11. The first kappa shape index (κ1) is 13.1. The number of hydrogen-bond donors (Lipinski definition) is 1. The van der Waals surface area contributed by atoms with Crippen molar-refractivity contribution in [3.63, 3.8) is 0 Å². The Morgan fingerprint density at radius 1 is 1.29 bits per heavy atom. The average Bonchev–Trinajstić information content (AvgIpc) is 2.82. The highest BCUT2D eigenvalue weighted by Gasteiger charge is 2.57. The third kappa shape index (κ3) is 2.58. The fourth-order valence-electron chi connectivity index (χ4n) is 2.90. The van der Waals surface area contributed by atoms with E-state index in [1.165, 1.54) is 16.5 Å². The molecule has 0 aromatic heterocycles. The predicted octanol–water partition coefficient (Wildman–Crippen LogP) is 4.19. The molecule has 0 spiro atoms. The maximum absolute atomic E-state index is 3.68. The van der Waals surface area contributed by atoms with Gasteiger partial charge in [-0.3, -0.25) is 0 Å². The SMILES string of the molecule is CCCNCC1C(c2ccccc2Br)C1(C)C. The molecule has 17 heavy (non-hydrogen) atoms. The lowest BCUT2D eigenvalue weighted by Gasteiger charge is -2.05. The molecule has 1 nitrogen and oxygen atoms in total. The maximum atomic E-state index is 3.68. The molecular weight excluding hydrogens is 274 g/mol. The first-order valence-electron chi connectivity index (χ1n) is 6.54. The van der Waals surface area contributed by atoms with E-state index in [1.807, 2.05) is 0 Å². The summed E-state index contributed by atoms with van der Waals surface area (Å²) >= 11 is 3.68. The molecule has 0 saturated heterocycles. The Morgan fingerprint density at radius 3 is 2.65 bits per heavy atom. The zero-order chi connectivity index (χ0) is 12.5. The molecule has 1 fully saturated rings. The predicted molar refractivity (Wildman–Crippen MR) is 77.3 cm³/mol. The molecule has 2 rings (SSSR count). The van der Waals surface area contributed by atoms with Crippen LogP contribution in [0.2, 0.25) is 0 Å². The molecule has 1 saturated carbocycles. The van der Waals surface area contributed by atoms with Gasteiger partial charge in [0.25, 0.3) is 0 Å². The van der Waals surface area contributed by atoms with Crippen molar-refractivity contribution in [3.8, 4) is 0 Å². The van der Waals surface area contributed by atoms with E-state index in [-0.39, 0.29) is 0 Å². The van der Waals surface area contributed by atoms with Crippen LogP contribution in [-0.4, -0.2) is 13.1 Å². The lowest BCUT2D eigenvalue weighted by atomic mass is 10.0. The summed E-state index contributed by atoms with van der Waals surface area (Å²) in [6.07, 6.45) is 1.22. The molecule has 0 aliphatic heterocycles. The van der Waals surface area contributed by atoms with Gasteiger partial charge < -0.3 is 5.32 Å². The van der Waals surface area contributed by atoms with E-state index in [4.69, 9.17) is 0 Å². The van der Waals surface area contributed by atoms with Crippen molar-refractivity contribution in [2.24, 2.45) is 11.3 Å². The summed E-state index contributed by atoms with van der Waals surface area (Å²) in [7, 11) is 0. The third-order valence-electron chi connectivity index (χ3n) is 4.08. The molecule has 0 bridgehead atoms. The molecule has 2 unspecified atom stereocenters. The fraction of sp³-hybridized carbons (Fsp3) is 0.600. The van der Waals surface area contributed by atoms with Gasteiger partial charge in [-0.2, -0.15) is 0 Å². The second-order valence-electron chi connectivity index (χ2n) is 5.63. The first-order chi connectivity index (χ1) is 8.09. The van der Waals surface area contributed by atoms with E-state index >= 15 is 0 Å². The van der Waals surface area contributed by atoms with Crippen LogP contribution in [0.5, 0.6) is 0 Å². The topological polar surface area (TPSA) is 12.0 Å². The minimum absolute atomic E-state index is 0.435. The van der Waals surface area contributed by atoms with Gasteiger partial charge in [0.1, 0.15) is 0 Å². The van der Waals surface area contributed by atoms with E-state index < -0.39 is 0 Å². The van der Waals surface area contributed by atoms with Crippen LogP contribution in [-0.2, 0) is 0 Å². The summed E-state index contributed by atoms with van der Waals surface area (Å²) in [4.78, 5) is 0. The van der Waals surface area contributed by atoms with E-state index in [2.05, 4.69) is 66.3 Å². The van der Waals surface area contributed by atoms with Gasteiger partial charge in [0.2, 0.25) is 0 Å². The van der Waals surface area contributed by atoms with Crippen LogP contribution in [0.15, 0.2) is 28.7 Å². The lowest BCUT2D eigenvalue weighted by Crippen LogP contribution is -2.19. The molecule has 1 N–H and O–H groups in total. The van der Waals surface area contributed by atoms with Crippen molar-refractivity contribution in [1.82, 2.24) is 5.32 Å². The summed E-state index contributed by atoms with van der Waals surface area (Å²) < 4.78 is 1.26. The summed E-state index contributed by atoms with van der Waals surface area (Å²) in [6, 6.07) is 8.65. The Kier molecular flexibility index (Phi) is 3.94. The standard InChI is InChI=1S/C15H22BrN/c1-4-9-17-10-12-14(15(12,2)3)11-7-5-6-8-13(11)16/h5-8,12,14,17H,4,9-10H2,1-3H3. The lowest BCUT2D eigenvalue weighted by molar-refractivity contribution is 0.518. The largest absolute Gasteiger partial charge is 0.316 e. The van der Waals surface area contributed by atoms with Crippen molar-refractivity contribution in [2.75, 3.05) is 13.1 Å². The number of halogens is 1. The molecule has 1 aromatic rings. The van der Waals surface area contributed by atoms with Crippen LogP contribution in [0.4, 0.5) is 0 Å². The molecule has 0 radical (unpaired) electrons. The monoisotopic (exact) mass is 295 g/mol. The van der Waals surface area contributed by atoms with Gasteiger partial charge in [0.05, 0.1) is 0 Å². The summed E-state index contributed by atoms with van der Waals surface area (Å²) in [5.74, 6) is 1.47. The Hall–Kier alpha value is -0.340. The van der Waals surface area contributed by atoms with Gasteiger partial charge in [-0.1, -0.05) is 54.9 Å². The van der Waals surface area contributed by atoms with Gasteiger partial charge in [0.15, 0.2) is 0 Å². The summed E-state index contributed by atoms with van der Waals surface area (Å²) in [5.41, 5.74) is 1.91. The van der Waals surface area contributed by atoms with Crippen LogP contribution < -0.4 is 5.32 Å². The van der Waals surface area contributed by atoms with Crippen LogP contribution in [0.1, 0.15) is 38.7 Å². The minimum atomic E-state index is 0.435. The van der Waals surface area contributed by atoms with Gasteiger partial charge in [-0.05, 0) is 48.4 Å². The van der Waals surface area contributed by atoms with Crippen LogP contribution in [0.25, 0.3) is 0 Å². The smallest absolute Gasteiger partial charge is 0.0210 e. The molecule has 1 aromatic carbocycles. The fourth-order valence-corrected chi connectivity index (χ4v) is 3.44. The molecule has 2 heteroatoms. The highest BCUT2D eigenvalue weighted by molar-refractivity contribution is 9.10. The molecule has 2 atom stereocenters. The van der Waals surface area contributed by atoms with E-state index in [0.717, 1.165) is 19.0 Å². The quantitative estimate of drug-likeness (QED) is 0.803. The average molecular weight is 296 g/mol. The van der Waals surface area contributed by atoms with Gasteiger partial charge in [-0.15, -0.1) is 0 Å². The van der Waals surface area contributed by atoms with Crippen LogP contribution in [0.3, 0.4) is 0 Å². The number of hydrogen-bond acceptors (Lipinski definition) is 1. The Balaban J connectivity index is 2.05. The van der Waals surface area contributed by atoms with Crippen LogP contribution >= 0.6 is 15.9 Å². The normalized spacial score (nSPS) is 25.9. The maximum Gasteiger partial charge on any atom is 0.0210 e. The van der Waals surface area contributed by atoms with E-state index in [1.54, 1.807) is 0 Å². The zero-order valence-corrected chi connectivity index (χ0v) is 12.5. The Bertz CT molecular complexity index is 386. The summed E-state index contributed by atoms with van der Waals surface area (Å²) in [6.45, 7) is 9.27. The van der Waals surface area contributed by atoms with Crippen molar-refractivity contribution in [1.29, 1.82) is 0 Å². The number of nitrogens with one attached hydrogen (secondary N) is 1. The molecule has 1 aliphatic rings. The number of rotatable bonds is 5. The Morgan fingerprint density at radius 2 is 2.00 bits per heavy atom. The highest BCUT2D eigenvalue weighted by Crippen LogP contribution is 2.64. The van der Waals surface area contributed by atoms with Crippen molar-refractivity contribution in [3.05, 3.63) is 34.3 Å². The van der Waals surface area contributed by atoms with E-state index in [9.17, 15) is 0 Å². The first-order valence-corrected chi connectivity index (χ1v) is 7.33. The van der Waals surface area contributed by atoms with Gasteiger partial charge >= 0.3 is 0 Å². The van der Waals surface area contributed by atoms with Crippen molar-refractivity contribution in [2.45, 2.75) is 33.1 Å². The third-order valence-corrected chi connectivity index (χ3v) is 4.80. The Labute approximate surface area is 113 Å². The molecule has 94 valence electrons. The highest BCUT2D eigenvalue weighted by atomic mass is 79.9. The molecule has 0 heterocycles. The van der Waals surface area contributed by atoms with Crippen molar-refractivity contribution >= 4 is 15.9 Å². The van der Waals surface area contributed by atoms with Crippen LogP contribution in [0, 0.1) is 11.3 Å². The van der Waals surface area contributed by atoms with E-state index in [0.29, 0.717) is 11.3 Å². The molecule has 1 aliphatic carbocycles. The molecular formula is C15H22BrN. The van der Waals surface area contributed by atoms with Crippen molar-refractivity contribution < 1.29 is 0 Å². The zero-order valence-electron chi connectivity index (χ0n) is 11.0. The minimum Gasteiger partial charge on any atom is -0.316 e. The van der Waals surface area contributed by atoms with Gasteiger partial charge in [0, 0.05) is 4.47 Å². The number of benzene rings is 1. The van der Waals surface area contributed by atoms with Gasteiger partial charge in [-0.25, -0.2) is 0 Å². The molecule has 0 amide bonds. The second-order valence-corrected chi connectivity index (χ2v) is 6.49.